The van der Waals surface area contributed by atoms with E-state index in [1.165, 1.54) is 0 Å². The Labute approximate surface area is 137 Å². The Bertz CT molecular complexity index is 927. The third-order valence-corrected chi connectivity index (χ3v) is 3.72. The molecule has 4 aromatic heterocycles. The van der Waals surface area contributed by atoms with Crippen LogP contribution >= 0.6 is 0 Å². The zero-order valence-electron chi connectivity index (χ0n) is 13.1. The SMILES string of the molecule is CC(CCc1ccco1)Nc1nc(-c2ccnc3ccnn23)no1. The Morgan fingerprint density at radius 3 is 3.08 bits per heavy atom. The Morgan fingerprint density at radius 2 is 2.21 bits per heavy atom. The summed E-state index contributed by atoms with van der Waals surface area (Å²) in [4.78, 5) is 8.62. The molecule has 4 rings (SSSR count). The Morgan fingerprint density at radius 1 is 1.25 bits per heavy atom. The molecular formula is C16H16N6O2. The molecule has 4 heterocycles. The summed E-state index contributed by atoms with van der Waals surface area (Å²) in [5.74, 6) is 1.43. The molecule has 0 radical (unpaired) electrons. The summed E-state index contributed by atoms with van der Waals surface area (Å²) < 4.78 is 12.3. The number of aryl methyl sites for hydroxylation is 1. The van der Waals surface area contributed by atoms with Crippen molar-refractivity contribution in [1.29, 1.82) is 0 Å². The summed E-state index contributed by atoms with van der Waals surface area (Å²) in [6.45, 7) is 2.06. The fourth-order valence-electron chi connectivity index (χ4n) is 2.49. The lowest BCUT2D eigenvalue weighted by molar-refractivity contribution is 0.425. The van der Waals surface area contributed by atoms with Gasteiger partial charge >= 0.3 is 6.01 Å². The summed E-state index contributed by atoms with van der Waals surface area (Å²) >= 11 is 0. The van der Waals surface area contributed by atoms with Gasteiger partial charge in [-0.15, -0.1) is 0 Å². The van der Waals surface area contributed by atoms with E-state index in [2.05, 4.69) is 32.5 Å². The summed E-state index contributed by atoms with van der Waals surface area (Å²) in [7, 11) is 0. The van der Waals surface area contributed by atoms with Crippen LogP contribution in [0.3, 0.4) is 0 Å². The minimum absolute atomic E-state index is 0.172. The maximum absolute atomic E-state index is 5.33. The third-order valence-electron chi connectivity index (χ3n) is 3.72. The lowest BCUT2D eigenvalue weighted by atomic mass is 10.1. The first kappa shape index (κ1) is 14.4. The first-order valence-corrected chi connectivity index (χ1v) is 7.71. The molecular weight excluding hydrogens is 308 g/mol. The second kappa shape index (κ2) is 6.15. The number of hydrogen-bond donors (Lipinski definition) is 1. The van der Waals surface area contributed by atoms with E-state index < -0.39 is 0 Å². The highest BCUT2D eigenvalue weighted by Gasteiger charge is 2.14. The van der Waals surface area contributed by atoms with Crippen molar-refractivity contribution in [2.75, 3.05) is 5.32 Å². The van der Waals surface area contributed by atoms with Crippen LogP contribution < -0.4 is 5.32 Å². The Balaban J connectivity index is 1.45. The Hall–Kier alpha value is -3.16. The van der Waals surface area contributed by atoms with Crippen molar-refractivity contribution in [2.24, 2.45) is 0 Å². The van der Waals surface area contributed by atoms with Crippen LogP contribution in [0.4, 0.5) is 6.01 Å². The third kappa shape index (κ3) is 2.85. The van der Waals surface area contributed by atoms with E-state index >= 15 is 0 Å². The molecule has 0 fully saturated rings. The van der Waals surface area contributed by atoms with Gasteiger partial charge in [0.1, 0.15) is 11.5 Å². The van der Waals surface area contributed by atoms with E-state index in [1.54, 1.807) is 29.2 Å². The number of furan rings is 1. The van der Waals surface area contributed by atoms with Crippen molar-refractivity contribution >= 4 is 11.7 Å². The van der Waals surface area contributed by atoms with Crippen LogP contribution in [0.5, 0.6) is 0 Å². The molecule has 8 nitrogen and oxygen atoms in total. The van der Waals surface area contributed by atoms with Crippen LogP contribution in [0, 0.1) is 0 Å². The predicted octanol–water partition coefficient (Wildman–Crippen LogP) is 2.81. The largest absolute Gasteiger partial charge is 0.469 e. The van der Waals surface area contributed by atoms with Gasteiger partial charge in [-0.05, 0) is 31.5 Å². The summed E-state index contributed by atoms with van der Waals surface area (Å²) in [6.07, 6.45) is 6.80. The van der Waals surface area contributed by atoms with Crippen molar-refractivity contribution in [3.8, 4) is 11.5 Å². The van der Waals surface area contributed by atoms with Gasteiger partial charge in [0.05, 0.1) is 12.5 Å². The second-order valence-corrected chi connectivity index (χ2v) is 5.52. The fraction of sp³-hybridized carbons (Fsp3) is 0.250. The van der Waals surface area contributed by atoms with Crippen molar-refractivity contribution in [2.45, 2.75) is 25.8 Å². The average molecular weight is 324 g/mol. The molecule has 0 spiro atoms. The van der Waals surface area contributed by atoms with E-state index in [4.69, 9.17) is 8.94 Å². The van der Waals surface area contributed by atoms with Gasteiger partial charge in [0.2, 0.25) is 5.82 Å². The van der Waals surface area contributed by atoms with Crippen molar-refractivity contribution in [1.82, 2.24) is 24.7 Å². The Kier molecular flexibility index (Phi) is 3.70. The highest BCUT2D eigenvalue weighted by Crippen LogP contribution is 2.18. The van der Waals surface area contributed by atoms with Crippen molar-refractivity contribution in [3.63, 3.8) is 0 Å². The second-order valence-electron chi connectivity index (χ2n) is 5.52. The number of nitrogens with one attached hydrogen (secondary N) is 1. The zero-order valence-corrected chi connectivity index (χ0v) is 13.1. The number of anilines is 1. The van der Waals surface area contributed by atoms with E-state index in [-0.39, 0.29) is 6.04 Å². The monoisotopic (exact) mass is 324 g/mol. The van der Waals surface area contributed by atoms with Crippen LogP contribution in [-0.4, -0.2) is 30.8 Å². The van der Waals surface area contributed by atoms with Crippen LogP contribution in [-0.2, 0) is 6.42 Å². The van der Waals surface area contributed by atoms with Crippen LogP contribution in [0.25, 0.3) is 17.2 Å². The molecule has 1 N–H and O–H groups in total. The highest BCUT2D eigenvalue weighted by molar-refractivity contribution is 5.55. The molecule has 0 bridgehead atoms. The standard InChI is InChI=1S/C16H16N6O2/c1-11(4-5-12-3-2-10-23-12)19-16-20-15(21-24-16)13-6-8-17-14-7-9-18-22(13)14/h2-3,6-11H,4-5H2,1H3,(H,19,20,21). The van der Waals surface area contributed by atoms with Gasteiger partial charge in [0.25, 0.3) is 0 Å². The van der Waals surface area contributed by atoms with Gasteiger partial charge in [-0.2, -0.15) is 10.1 Å². The van der Waals surface area contributed by atoms with Gasteiger partial charge < -0.3 is 14.3 Å². The van der Waals surface area contributed by atoms with Crippen LogP contribution in [0.2, 0.25) is 0 Å². The zero-order chi connectivity index (χ0) is 16.4. The molecule has 0 amide bonds. The molecule has 0 aromatic carbocycles. The molecule has 1 unspecified atom stereocenters. The summed E-state index contributed by atoms with van der Waals surface area (Å²) in [5.41, 5.74) is 1.46. The predicted molar refractivity (Wildman–Crippen MR) is 86.4 cm³/mol. The van der Waals surface area contributed by atoms with Crippen LogP contribution in [0.15, 0.2) is 51.9 Å². The molecule has 0 aliphatic rings. The maximum atomic E-state index is 5.33. The quantitative estimate of drug-likeness (QED) is 0.582. The first-order chi connectivity index (χ1) is 11.8. The van der Waals surface area contributed by atoms with E-state index in [0.29, 0.717) is 11.8 Å². The number of nitrogens with zero attached hydrogens (tertiary/aromatic N) is 5. The molecule has 0 aliphatic carbocycles. The van der Waals surface area contributed by atoms with E-state index in [1.807, 2.05) is 18.2 Å². The number of rotatable bonds is 6. The molecule has 0 saturated heterocycles. The van der Waals surface area contributed by atoms with Crippen LogP contribution in [0.1, 0.15) is 19.1 Å². The minimum Gasteiger partial charge on any atom is -0.469 e. The van der Waals surface area contributed by atoms with Crippen molar-refractivity contribution in [3.05, 3.63) is 48.7 Å². The molecule has 4 aromatic rings. The smallest absolute Gasteiger partial charge is 0.322 e. The average Bonchev–Trinajstić information content (AvgIpc) is 3.33. The maximum Gasteiger partial charge on any atom is 0.322 e. The summed E-state index contributed by atoms with van der Waals surface area (Å²) in [5, 5.41) is 11.5. The van der Waals surface area contributed by atoms with Gasteiger partial charge in [0, 0.05) is 24.7 Å². The molecule has 0 aliphatic heterocycles. The summed E-state index contributed by atoms with van der Waals surface area (Å²) in [6, 6.07) is 8.03. The molecule has 0 saturated carbocycles. The normalized spacial score (nSPS) is 12.5. The van der Waals surface area contributed by atoms with Gasteiger partial charge in [0.15, 0.2) is 5.65 Å². The lowest BCUT2D eigenvalue weighted by Gasteiger charge is -2.09. The fourth-order valence-corrected chi connectivity index (χ4v) is 2.49. The van der Waals surface area contributed by atoms with E-state index in [9.17, 15) is 0 Å². The van der Waals surface area contributed by atoms with Crippen molar-refractivity contribution < 1.29 is 8.94 Å². The highest BCUT2D eigenvalue weighted by atomic mass is 16.5. The topological polar surface area (TPSA) is 94.3 Å². The van der Waals surface area contributed by atoms with Gasteiger partial charge in [-0.3, -0.25) is 0 Å². The molecule has 122 valence electrons. The molecule has 1 atom stereocenters. The van der Waals surface area contributed by atoms with Gasteiger partial charge in [-0.1, -0.05) is 5.16 Å². The molecule has 24 heavy (non-hydrogen) atoms. The lowest BCUT2D eigenvalue weighted by Crippen LogP contribution is -2.16. The first-order valence-electron chi connectivity index (χ1n) is 7.71. The number of hydrogen-bond acceptors (Lipinski definition) is 7. The number of fused-ring (bicyclic) bond motifs is 1. The van der Waals surface area contributed by atoms with E-state index in [0.717, 1.165) is 29.9 Å². The van der Waals surface area contributed by atoms with Gasteiger partial charge in [-0.25, -0.2) is 9.50 Å². The minimum atomic E-state index is 0.172. The number of aromatic nitrogens is 5. The molecule has 8 heteroatoms.